The topological polar surface area (TPSA) is 97.9 Å². The second-order valence-corrected chi connectivity index (χ2v) is 7.66. The number of aromatic nitrogens is 2. The summed E-state index contributed by atoms with van der Waals surface area (Å²) in [4.78, 5) is 1.77. The van der Waals surface area contributed by atoms with E-state index in [1.165, 1.54) is 6.20 Å². The number of rotatable bonds is 8. The molecule has 8 nitrogen and oxygen atoms in total. The van der Waals surface area contributed by atoms with Crippen LogP contribution in [0, 0.1) is 18.3 Å². The molecule has 33 heavy (non-hydrogen) atoms. The van der Waals surface area contributed by atoms with E-state index in [0.29, 0.717) is 23.5 Å². The number of aryl methyl sites for hydroxylation is 1. The number of para-hydroxylation sites is 1. The number of aliphatic hydroxyl groups is 1. The van der Waals surface area contributed by atoms with Gasteiger partial charge < -0.3 is 20.5 Å². The summed E-state index contributed by atoms with van der Waals surface area (Å²) >= 11 is 0. The first-order valence-corrected chi connectivity index (χ1v) is 10.7. The van der Waals surface area contributed by atoms with E-state index in [-0.39, 0.29) is 0 Å². The Morgan fingerprint density at radius 1 is 1.15 bits per heavy atom. The van der Waals surface area contributed by atoms with Crippen molar-refractivity contribution < 1.29 is 9.84 Å². The van der Waals surface area contributed by atoms with E-state index in [1.54, 1.807) is 15.6 Å². The quantitative estimate of drug-likeness (QED) is 0.341. The lowest BCUT2D eigenvalue weighted by molar-refractivity contribution is 0.0503. The Balaban J connectivity index is 1.63. The van der Waals surface area contributed by atoms with Crippen LogP contribution in [0.15, 0.2) is 67.0 Å². The number of nitrogens with zero attached hydrogens (tertiary/aromatic N) is 4. The molecule has 0 aliphatic carbocycles. The van der Waals surface area contributed by atoms with Gasteiger partial charge in [0.05, 0.1) is 34.8 Å². The third-order valence-electron chi connectivity index (χ3n) is 5.48. The molecule has 0 saturated heterocycles. The summed E-state index contributed by atoms with van der Waals surface area (Å²) in [6, 6.07) is 19.3. The number of nitriles is 1. The van der Waals surface area contributed by atoms with Gasteiger partial charge in [0.25, 0.3) is 0 Å². The van der Waals surface area contributed by atoms with Crippen LogP contribution in [0.25, 0.3) is 5.52 Å². The first-order chi connectivity index (χ1) is 16.0. The van der Waals surface area contributed by atoms with Crippen LogP contribution in [0.5, 0.6) is 11.5 Å². The lowest BCUT2D eigenvalue weighted by atomic mass is 10.1. The average molecular weight is 443 g/mol. The maximum absolute atomic E-state index is 10.4. The molecule has 1 unspecified atom stereocenters. The minimum atomic E-state index is -0.838. The van der Waals surface area contributed by atoms with Crippen molar-refractivity contribution in [2.24, 2.45) is 0 Å². The molecule has 2 aromatic carbocycles. The molecule has 4 aromatic rings. The van der Waals surface area contributed by atoms with E-state index in [4.69, 9.17) is 4.74 Å². The molecule has 0 radical (unpaired) electrons. The third kappa shape index (κ3) is 4.75. The monoisotopic (exact) mass is 442 g/mol. The molecule has 0 fully saturated rings. The van der Waals surface area contributed by atoms with Crippen molar-refractivity contribution in [2.75, 3.05) is 24.2 Å². The number of benzene rings is 2. The highest BCUT2D eigenvalue weighted by Gasteiger charge is 2.18. The zero-order valence-electron chi connectivity index (χ0n) is 18.8. The molecular formula is C25H26N6O2. The zero-order valence-corrected chi connectivity index (χ0v) is 18.8. The molecular weight excluding hydrogens is 416 g/mol. The van der Waals surface area contributed by atoms with E-state index in [1.807, 2.05) is 75.5 Å². The average Bonchev–Trinajstić information content (AvgIpc) is 3.16. The second kappa shape index (κ2) is 9.61. The smallest absolute Gasteiger partial charge is 0.183 e. The van der Waals surface area contributed by atoms with Crippen LogP contribution in [0.4, 0.5) is 17.1 Å². The second-order valence-electron chi connectivity index (χ2n) is 7.66. The van der Waals surface area contributed by atoms with Gasteiger partial charge in [-0.15, -0.1) is 0 Å². The third-order valence-corrected chi connectivity index (χ3v) is 5.48. The van der Waals surface area contributed by atoms with Gasteiger partial charge in [-0.3, -0.25) is 4.90 Å². The van der Waals surface area contributed by atoms with Gasteiger partial charge in [-0.1, -0.05) is 25.1 Å². The molecule has 8 heteroatoms. The maximum atomic E-state index is 10.4. The molecule has 0 bridgehead atoms. The molecule has 0 spiro atoms. The predicted molar refractivity (Wildman–Crippen MR) is 129 cm³/mol. The number of nitrogens with one attached hydrogen (secondary N) is 2. The van der Waals surface area contributed by atoms with Crippen LogP contribution in [-0.2, 0) is 0 Å². The van der Waals surface area contributed by atoms with Crippen LogP contribution in [0.1, 0.15) is 18.1 Å². The molecule has 2 aromatic heterocycles. The number of anilines is 3. The fraction of sp³-hybridized carbons (Fsp3) is 0.200. The van der Waals surface area contributed by atoms with Gasteiger partial charge in [0.2, 0.25) is 0 Å². The summed E-state index contributed by atoms with van der Waals surface area (Å²) in [5.74, 6) is 1.48. The number of fused-ring (bicyclic) bond motifs is 1. The normalized spacial score (nSPS) is 11.9. The standard InChI is InChI=1S/C25H26N6O2/c1-4-30(3)25(32)29-22-16-31-24(17(22)2)23(18(14-26)15-27-31)28-19-10-12-21(13-11-19)33-20-8-6-5-7-9-20/h5-13,15-16,25,28-29,32H,4H2,1-3H3. The van der Waals surface area contributed by atoms with Crippen molar-refractivity contribution in [3.63, 3.8) is 0 Å². The van der Waals surface area contributed by atoms with E-state index in [0.717, 1.165) is 28.2 Å². The van der Waals surface area contributed by atoms with Gasteiger partial charge >= 0.3 is 0 Å². The van der Waals surface area contributed by atoms with Gasteiger partial charge in [-0.05, 0) is 56.9 Å². The van der Waals surface area contributed by atoms with Gasteiger partial charge in [0.15, 0.2) is 6.35 Å². The van der Waals surface area contributed by atoms with E-state index >= 15 is 0 Å². The highest BCUT2D eigenvalue weighted by molar-refractivity contribution is 5.87. The van der Waals surface area contributed by atoms with Crippen LogP contribution < -0.4 is 15.4 Å². The van der Waals surface area contributed by atoms with Crippen molar-refractivity contribution in [2.45, 2.75) is 20.2 Å². The number of ether oxygens (including phenoxy) is 1. The van der Waals surface area contributed by atoms with Crippen molar-refractivity contribution in [3.8, 4) is 17.6 Å². The molecule has 4 rings (SSSR count). The summed E-state index contributed by atoms with van der Waals surface area (Å²) in [5, 5.41) is 30.9. The summed E-state index contributed by atoms with van der Waals surface area (Å²) in [6.07, 6.45) is 2.50. The number of aliphatic hydroxyl groups excluding tert-OH is 1. The summed E-state index contributed by atoms with van der Waals surface area (Å²) in [5.41, 5.74) is 4.24. The van der Waals surface area contributed by atoms with Gasteiger partial charge in [-0.25, -0.2) is 4.52 Å². The zero-order chi connectivity index (χ0) is 23.4. The Hall–Kier alpha value is -4.06. The Kier molecular flexibility index (Phi) is 6.45. The molecule has 0 saturated carbocycles. The minimum absolute atomic E-state index is 0.422. The fourth-order valence-corrected chi connectivity index (χ4v) is 3.44. The first kappa shape index (κ1) is 22.1. The highest BCUT2D eigenvalue weighted by atomic mass is 16.5. The maximum Gasteiger partial charge on any atom is 0.183 e. The first-order valence-electron chi connectivity index (χ1n) is 10.7. The highest BCUT2D eigenvalue weighted by Crippen LogP contribution is 2.33. The Morgan fingerprint density at radius 2 is 1.85 bits per heavy atom. The van der Waals surface area contributed by atoms with Crippen molar-refractivity contribution in [1.82, 2.24) is 14.5 Å². The molecule has 2 heterocycles. The van der Waals surface area contributed by atoms with Crippen LogP contribution in [0.3, 0.4) is 0 Å². The summed E-state index contributed by atoms with van der Waals surface area (Å²) < 4.78 is 7.56. The van der Waals surface area contributed by atoms with Gasteiger partial charge in [0.1, 0.15) is 17.6 Å². The molecule has 168 valence electrons. The summed E-state index contributed by atoms with van der Waals surface area (Å²) in [6.45, 7) is 4.59. The fourth-order valence-electron chi connectivity index (χ4n) is 3.44. The molecule has 0 aliphatic rings. The van der Waals surface area contributed by atoms with Gasteiger partial charge in [0, 0.05) is 11.3 Å². The van der Waals surface area contributed by atoms with Crippen molar-refractivity contribution in [3.05, 3.63) is 78.1 Å². The van der Waals surface area contributed by atoms with Crippen molar-refractivity contribution >= 4 is 22.6 Å². The van der Waals surface area contributed by atoms with E-state index in [2.05, 4.69) is 21.8 Å². The minimum Gasteiger partial charge on any atom is -0.457 e. The van der Waals surface area contributed by atoms with Gasteiger partial charge in [-0.2, -0.15) is 10.4 Å². The SMILES string of the molecule is CCN(C)C(O)Nc1cn2ncc(C#N)c(Nc3ccc(Oc4ccccc4)cc3)c2c1C. The number of hydrogen-bond acceptors (Lipinski definition) is 7. The van der Waals surface area contributed by atoms with Crippen LogP contribution in [0.2, 0.25) is 0 Å². The largest absolute Gasteiger partial charge is 0.457 e. The van der Waals surface area contributed by atoms with Crippen LogP contribution >= 0.6 is 0 Å². The molecule has 3 N–H and O–H groups in total. The van der Waals surface area contributed by atoms with Crippen LogP contribution in [-0.4, -0.2) is 39.6 Å². The van der Waals surface area contributed by atoms with E-state index < -0.39 is 6.35 Å². The molecule has 0 amide bonds. The predicted octanol–water partition coefficient (Wildman–Crippen LogP) is 4.69. The lowest BCUT2D eigenvalue weighted by Crippen LogP contribution is -2.37. The van der Waals surface area contributed by atoms with E-state index in [9.17, 15) is 10.4 Å². The van der Waals surface area contributed by atoms with Crippen molar-refractivity contribution in [1.29, 1.82) is 5.26 Å². The Morgan fingerprint density at radius 3 is 2.52 bits per heavy atom. The Bertz CT molecular complexity index is 1280. The Labute approximate surface area is 192 Å². The molecule has 0 aliphatic heterocycles. The molecule has 1 atom stereocenters. The number of hydrogen-bond donors (Lipinski definition) is 3. The summed E-state index contributed by atoms with van der Waals surface area (Å²) in [7, 11) is 1.83. The lowest BCUT2D eigenvalue weighted by Gasteiger charge is -2.23.